The van der Waals surface area contributed by atoms with Gasteiger partial charge in [0, 0.05) is 0 Å². The van der Waals surface area contributed by atoms with E-state index < -0.39 is 39.9 Å². The Morgan fingerprint density at radius 2 is 1.71 bits per heavy atom. The van der Waals surface area contributed by atoms with Crippen molar-refractivity contribution in [3.8, 4) is 0 Å². The standard InChI is InChI=1S/C23H19ClF3N3O3S/c1-16-7-9-17(10-8-16)14-28-29-22(31)15-30(34(32,33)19-5-3-2-4-6-19)21-13-18(23(25,26)27)11-12-20(21)24/h2-14H,15H2,1H3,(H,29,31)/b28-14-. The number of carbonyl (C=O) groups excluding carboxylic acids is 1. The van der Waals surface area contributed by atoms with Crippen molar-refractivity contribution in [1.29, 1.82) is 0 Å². The lowest BCUT2D eigenvalue weighted by atomic mass is 10.2. The van der Waals surface area contributed by atoms with Crippen LogP contribution in [0.1, 0.15) is 16.7 Å². The molecule has 1 amide bonds. The van der Waals surface area contributed by atoms with Gasteiger partial charge in [0.15, 0.2) is 0 Å². The first-order valence-corrected chi connectivity index (χ1v) is 11.6. The Labute approximate surface area is 199 Å². The first kappa shape index (κ1) is 25.3. The van der Waals surface area contributed by atoms with Crippen LogP contribution >= 0.6 is 11.6 Å². The number of amides is 1. The van der Waals surface area contributed by atoms with Gasteiger partial charge in [0.2, 0.25) is 0 Å². The molecule has 0 unspecified atom stereocenters. The van der Waals surface area contributed by atoms with Crippen molar-refractivity contribution in [3.63, 3.8) is 0 Å². The van der Waals surface area contributed by atoms with Crippen molar-refractivity contribution in [2.24, 2.45) is 5.10 Å². The molecule has 0 heterocycles. The van der Waals surface area contributed by atoms with Crippen LogP contribution < -0.4 is 9.73 Å². The summed E-state index contributed by atoms with van der Waals surface area (Å²) in [4.78, 5) is 12.3. The Morgan fingerprint density at radius 1 is 1.06 bits per heavy atom. The summed E-state index contributed by atoms with van der Waals surface area (Å²) >= 11 is 6.08. The predicted molar refractivity (Wildman–Crippen MR) is 124 cm³/mol. The van der Waals surface area contributed by atoms with E-state index in [2.05, 4.69) is 10.5 Å². The van der Waals surface area contributed by atoms with Gasteiger partial charge in [-0.3, -0.25) is 9.10 Å². The van der Waals surface area contributed by atoms with Gasteiger partial charge in [0.1, 0.15) is 6.54 Å². The number of hydrazone groups is 1. The molecule has 0 saturated carbocycles. The summed E-state index contributed by atoms with van der Waals surface area (Å²) in [7, 11) is -4.45. The van der Waals surface area contributed by atoms with Crippen molar-refractivity contribution < 1.29 is 26.4 Å². The fourth-order valence-electron chi connectivity index (χ4n) is 2.90. The van der Waals surface area contributed by atoms with Gasteiger partial charge >= 0.3 is 6.18 Å². The molecule has 3 rings (SSSR count). The molecule has 11 heteroatoms. The number of aryl methyl sites for hydroxylation is 1. The number of alkyl halides is 3. The quantitative estimate of drug-likeness (QED) is 0.359. The molecule has 34 heavy (non-hydrogen) atoms. The predicted octanol–water partition coefficient (Wildman–Crippen LogP) is 5.01. The minimum Gasteiger partial charge on any atom is -0.271 e. The monoisotopic (exact) mass is 509 g/mol. The number of nitrogens with one attached hydrogen (secondary N) is 1. The minimum atomic E-state index is -4.75. The lowest BCUT2D eigenvalue weighted by Crippen LogP contribution is -2.40. The van der Waals surface area contributed by atoms with Crippen LogP contribution in [0.15, 0.2) is 82.8 Å². The molecule has 0 spiro atoms. The Hall–Kier alpha value is -3.37. The third-order valence-electron chi connectivity index (χ3n) is 4.64. The van der Waals surface area contributed by atoms with E-state index in [1.165, 1.54) is 30.5 Å². The van der Waals surface area contributed by atoms with Crippen molar-refractivity contribution >= 4 is 39.4 Å². The SMILES string of the molecule is Cc1ccc(/C=N\NC(=O)CN(c2cc(C(F)(F)F)ccc2Cl)S(=O)(=O)c2ccccc2)cc1. The van der Waals surface area contributed by atoms with E-state index >= 15 is 0 Å². The van der Waals surface area contributed by atoms with Crippen LogP contribution in [0.4, 0.5) is 18.9 Å². The van der Waals surface area contributed by atoms with Crippen molar-refractivity contribution in [2.45, 2.75) is 18.0 Å². The molecule has 0 fully saturated rings. The number of halogens is 4. The zero-order valence-corrected chi connectivity index (χ0v) is 19.3. The molecule has 1 N–H and O–H groups in total. The topological polar surface area (TPSA) is 78.8 Å². The molecule has 0 saturated heterocycles. The smallest absolute Gasteiger partial charge is 0.271 e. The van der Waals surface area contributed by atoms with Gasteiger partial charge < -0.3 is 0 Å². The van der Waals surface area contributed by atoms with Crippen LogP contribution in [0, 0.1) is 6.92 Å². The third kappa shape index (κ3) is 6.15. The van der Waals surface area contributed by atoms with Crippen LogP contribution in [0.5, 0.6) is 0 Å². The van der Waals surface area contributed by atoms with Gasteiger partial charge in [0.25, 0.3) is 15.9 Å². The minimum absolute atomic E-state index is 0.223. The largest absolute Gasteiger partial charge is 0.416 e. The van der Waals surface area contributed by atoms with Gasteiger partial charge in [0.05, 0.1) is 27.4 Å². The second kappa shape index (κ2) is 10.3. The van der Waals surface area contributed by atoms with Crippen LogP contribution in [-0.4, -0.2) is 27.1 Å². The maximum atomic E-state index is 13.3. The Bertz CT molecular complexity index is 1300. The second-order valence-corrected chi connectivity index (χ2v) is 9.46. The van der Waals surface area contributed by atoms with Crippen LogP contribution in [0.2, 0.25) is 5.02 Å². The van der Waals surface area contributed by atoms with Crippen LogP contribution in [-0.2, 0) is 21.0 Å². The summed E-state index contributed by atoms with van der Waals surface area (Å²) < 4.78 is 66.9. The molecule has 6 nitrogen and oxygen atoms in total. The summed E-state index contributed by atoms with van der Waals surface area (Å²) in [6, 6.07) is 16.5. The maximum absolute atomic E-state index is 13.3. The molecular weight excluding hydrogens is 491 g/mol. The fourth-order valence-corrected chi connectivity index (χ4v) is 4.62. The highest BCUT2D eigenvalue weighted by atomic mass is 35.5. The number of sulfonamides is 1. The first-order chi connectivity index (χ1) is 16.0. The van der Waals surface area contributed by atoms with Gasteiger partial charge in [-0.1, -0.05) is 59.6 Å². The van der Waals surface area contributed by atoms with E-state index in [9.17, 15) is 26.4 Å². The summed E-state index contributed by atoms with van der Waals surface area (Å²) in [5, 5.41) is 3.52. The normalized spacial score (nSPS) is 12.0. The number of nitrogens with zero attached hydrogens (tertiary/aromatic N) is 2. The highest BCUT2D eigenvalue weighted by Gasteiger charge is 2.34. The highest BCUT2D eigenvalue weighted by molar-refractivity contribution is 7.92. The van der Waals surface area contributed by atoms with E-state index in [4.69, 9.17) is 11.6 Å². The van der Waals surface area contributed by atoms with Crippen molar-refractivity contribution in [2.75, 3.05) is 10.8 Å². The van der Waals surface area contributed by atoms with E-state index in [-0.39, 0.29) is 9.92 Å². The Morgan fingerprint density at radius 3 is 2.32 bits per heavy atom. The molecule has 0 aliphatic rings. The number of hydrogen-bond acceptors (Lipinski definition) is 4. The summed E-state index contributed by atoms with van der Waals surface area (Å²) in [5.74, 6) is -0.878. The average molecular weight is 510 g/mol. The summed E-state index contributed by atoms with van der Waals surface area (Å²) in [5.41, 5.74) is 2.30. The van der Waals surface area contributed by atoms with Gasteiger partial charge in [-0.15, -0.1) is 0 Å². The van der Waals surface area contributed by atoms with E-state index in [0.717, 1.165) is 17.7 Å². The van der Waals surface area contributed by atoms with Gasteiger partial charge in [-0.05, 0) is 42.8 Å². The zero-order chi connectivity index (χ0) is 24.9. The molecule has 0 radical (unpaired) electrons. The lowest BCUT2D eigenvalue weighted by molar-refractivity contribution is -0.137. The number of rotatable bonds is 7. The Kier molecular flexibility index (Phi) is 7.63. The van der Waals surface area contributed by atoms with Crippen molar-refractivity contribution in [3.05, 3.63) is 94.5 Å². The third-order valence-corrected chi connectivity index (χ3v) is 6.73. The van der Waals surface area contributed by atoms with Gasteiger partial charge in [-0.2, -0.15) is 18.3 Å². The van der Waals surface area contributed by atoms with Crippen LogP contribution in [0.25, 0.3) is 0 Å². The second-order valence-electron chi connectivity index (χ2n) is 7.19. The fraction of sp³-hybridized carbons (Fsp3) is 0.130. The molecule has 0 aliphatic heterocycles. The number of anilines is 1. The molecule has 0 aromatic heterocycles. The molecule has 0 atom stereocenters. The molecule has 0 bridgehead atoms. The summed E-state index contributed by atoms with van der Waals surface area (Å²) in [6.07, 6.45) is -3.40. The average Bonchev–Trinajstić information content (AvgIpc) is 2.79. The molecule has 0 aliphatic carbocycles. The molecule has 3 aromatic rings. The van der Waals surface area contributed by atoms with E-state index in [1.54, 1.807) is 18.2 Å². The number of carbonyl (C=O) groups is 1. The first-order valence-electron chi connectivity index (χ1n) is 9.81. The lowest BCUT2D eigenvalue weighted by Gasteiger charge is -2.25. The molecule has 178 valence electrons. The number of hydrogen-bond donors (Lipinski definition) is 1. The van der Waals surface area contributed by atoms with Gasteiger partial charge in [-0.25, -0.2) is 13.8 Å². The Balaban J connectivity index is 1.94. The summed E-state index contributed by atoms with van der Waals surface area (Å²) in [6.45, 7) is 1.05. The molecular formula is C23H19ClF3N3O3S. The highest BCUT2D eigenvalue weighted by Crippen LogP contribution is 2.37. The zero-order valence-electron chi connectivity index (χ0n) is 17.8. The van der Waals surface area contributed by atoms with Crippen LogP contribution in [0.3, 0.4) is 0 Å². The maximum Gasteiger partial charge on any atom is 0.416 e. The number of benzene rings is 3. The van der Waals surface area contributed by atoms with E-state index in [1.807, 2.05) is 19.1 Å². The van der Waals surface area contributed by atoms with E-state index in [0.29, 0.717) is 15.9 Å². The van der Waals surface area contributed by atoms with Crippen molar-refractivity contribution in [1.82, 2.24) is 5.43 Å². The molecule has 3 aromatic carbocycles.